The maximum absolute atomic E-state index is 12.5. The first-order valence-corrected chi connectivity index (χ1v) is 12.1. The van der Waals surface area contributed by atoms with E-state index in [2.05, 4.69) is 18.8 Å². The number of ether oxygens (including phenoxy) is 1. The summed E-state index contributed by atoms with van der Waals surface area (Å²) in [6, 6.07) is 6.33. The number of hydrogen-bond donors (Lipinski definition) is 1. The largest absolute Gasteiger partial charge is 0.491 e. The van der Waals surface area contributed by atoms with Crippen LogP contribution in [0.25, 0.3) is 0 Å². The van der Waals surface area contributed by atoms with E-state index in [9.17, 15) is 4.21 Å². The average Bonchev–Trinajstić information content (AvgIpc) is 2.87. The van der Waals surface area contributed by atoms with Gasteiger partial charge in [-0.05, 0) is 44.9 Å². The number of hydrogen-bond acceptors (Lipinski definition) is 3. The Kier molecular flexibility index (Phi) is 16.2. The Morgan fingerprint density at radius 1 is 1.28 bits per heavy atom. The maximum atomic E-state index is 12.5. The smallest absolute Gasteiger partial charge is 0.120 e. The Bertz CT molecular complexity index is 650. The standard InChI is InChI=1S/C16H25NO2S.C7H10.C2H6/c1-4-5-6-14-11-20(18)16-9-15(19-12(2)3)8-7-13(16)10-17-14;1-3-5-7-6-4-2;1-2/h7-9,12,14,17H,4-6,10-11H2,1-3H3;3-7H,1H2,2H3;1-2H3/b;6-4-,7-5-;. The van der Waals surface area contributed by atoms with E-state index in [1.54, 1.807) is 6.08 Å². The third kappa shape index (κ3) is 11.8. The van der Waals surface area contributed by atoms with Crippen molar-refractivity contribution in [2.24, 2.45) is 0 Å². The van der Waals surface area contributed by atoms with Gasteiger partial charge in [-0.2, -0.15) is 0 Å². The lowest BCUT2D eigenvalue weighted by Crippen LogP contribution is -2.31. The van der Waals surface area contributed by atoms with Crippen molar-refractivity contribution in [1.29, 1.82) is 0 Å². The summed E-state index contributed by atoms with van der Waals surface area (Å²) >= 11 is 0. The normalized spacial score (nSPS) is 18.3. The second-order valence-electron chi connectivity index (χ2n) is 6.81. The van der Waals surface area contributed by atoms with E-state index < -0.39 is 10.8 Å². The van der Waals surface area contributed by atoms with E-state index in [-0.39, 0.29) is 6.10 Å². The van der Waals surface area contributed by atoms with Crippen LogP contribution in [0.2, 0.25) is 0 Å². The van der Waals surface area contributed by atoms with Crippen molar-refractivity contribution in [3.63, 3.8) is 0 Å². The van der Waals surface area contributed by atoms with E-state index in [0.717, 1.165) is 29.2 Å². The fourth-order valence-electron chi connectivity index (χ4n) is 2.71. The van der Waals surface area contributed by atoms with Gasteiger partial charge in [0.1, 0.15) is 5.75 Å². The van der Waals surface area contributed by atoms with Gasteiger partial charge in [0.2, 0.25) is 0 Å². The maximum Gasteiger partial charge on any atom is 0.120 e. The average molecular weight is 420 g/mol. The van der Waals surface area contributed by atoms with E-state index in [1.807, 2.05) is 77.1 Å². The van der Waals surface area contributed by atoms with Crippen LogP contribution < -0.4 is 10.1 Å². The van der Waals surface area contributed by atoms with Gasteiger partial charge in [0.05, 0.1) is 16.9 Å². The lowest BCUT2D eigenvalue weighted by atomic mass is 10.1. The SMILES string of the molecule is C=C/C=C\C=C/C.CC.CCCCC1CS(=O)c2cc(OC(C)C)ccc2CN1. The van der Waals surface area contributed by atoms with Crippen molar-refractivity contribution in [3.8, 4) is 5.75 Å². The third-order valence-electron chi connectivity index (χ3n) is 4.05. The molecule has 0 aliphatic carbocycles. The summed E-state index contributed by atoms with van der Waals surface area (Å²) in [6.45, 7) is 16.5. The lowest BCUT2D eigenvalue weighted by molar-refractivity contribution is 0.241. The van der Waals surface area contributed by atoms with Gasteiger partial charge in [0.15, 0.2) is 0 Å². The molecule has 0 spiro atoms. The van der Waals surface area contributed by atoms with Gasteiger partial charge in [0.25, 0.3) is 0 Å². The molecule has 1 aromatic rings. The van der Waals surface area contributed by atoms with Gasteiger partial charge < -0.3 is 10.1 Å². The van der Waals surface area contributed by atoms with Crippen molar-refractivity contribution >= 4 is 10.8 Å². The molecule has 164 valence electrons. The highest BCUT2D eigenvalue weighted by Gasteiger charge is 2.21. The summed E-state index contributed by atoms with van der Waals surface area (Å²) in [4.78, 5) is 0.939. The summed E-state index contributed by atoms with van der Waals surface area (Å²) in [5.74, 6) is 1.53. The van der Waals surface area contributed by atoms with Crippen LogP contribution in [0.1, 0.15) is 66.4 Å². The zero-order valence-electron chi connectivity index (χ0n) is 19.2. The molecule has 0 aromatic heterocycles. The van der Waals surface area contributed by atoms with Crippen LogP contribution >= 0.6 is 0 Å². The van der Waals surface area contributed by atoms with Crippen molar-refractivity contribution in [3.05, 3.63) is 60.7 Å². The highest BCUT2D eigenvalue weighted by Crippen LogP contribution is 2.25. The molecular formula is C25H41NO2S. The molecule has 0 saturated heterocycles. The van der Waals surface area contributed by atoms with Crippen molar-refractivity contribution < 1.29 is 8.95 Å². The minimum atomic E-state index is -0.934. The second kappa shape index (κ2) is 17.2. The first kappa shape index (κ1) is 27.4. The van der Waals surface area contributed by atoms with Crippen LogP contribution in [-0.4, -0.2) is 22.1 Å². The first-order chi connectivity index (χ1) is 14.0. The number of rotatable bonds is 7. The molecule has 0 amide bonds. The van der Waals surface area contributed by atoms with Crippen LogP contribution in [0, 0.1) is 0 Å². The Balaban J connectivity index is 0.000000740. The number of nitrogens with one attached hydrogen (secondary N) is 1. The number of benzene rings is 1. The van der Waals surface area contributed by atoms with E-state index in [1.165, 1.54) is 12.8 Å². The monoisotopic (exact) mass is 419 g/mol. The molecule has 3 nitrogen and oxygen atoms in total. The summed E-state index contributed by atoms with van der Waals surface area (Å²) in [6.07, 6.45) is 13.1. The Morgan fingerprint density at radius 3 is 2.59 bits per heavy atom. The molecule has 1 aliphatic rings. The number of fused-ring (bicyclic) bond motifs is 1. The zero-order chi connectivity index (χ0) is 22.1. The van der Waals surface area contributed by atoms with Crippen molar-refractivity contribution in [1.82, 2.24) is 5.32 Å². The second-order valence-corrected chi connectivity index (χ2v) is 8.28. The highest BCUT2D eigenvalue weighted by atomic mass is 32.2. The van der Waals surface area contributed by atoms with Crippen molar-refractivity contribution in [2.45, 2.75) is 84.4 Å². The molecule has 1 heterocycles. The van der Waals surface area contributed by atoms with Crippen molar-refractivity contribution in [2.75, 3.05) is 5.75 Å². The molecule has 29 heavy (non-hydrogen) atoms. The third-order valence-corrected chi connectivity index (χ3v) is 5.62. The van der Waals surface area contributed by atoms with Gasteiger partial charge in [-0.1, -0.05) is 76.6 Å². The summed E-state index contributed by atoms with van der Waals surface area (Å²) < 4.78 is 18.2. The molecule has 2 unspecified atom stereocenters. The Morgan fingerprint density at radius 2 is 2.00 bits per heavy atom. The molecule has 1 N–H and O–H groups in total. The molecule has 0 saturated carbocycles. The zero-order valence-corrected chi connectivity index (χ0v) is 20.1. The van der Waals surface area contributed by atoms with Gasteiger partial charge >= 0.3 is 0 Å². The summed E-state index contributed by atoms with van der Waals surface area (Å²) in [5.41, 5.74) is 1.14. The van der Waals surface area contributed by atoms with E-state index >= 15 is 0 Å². The predicted molar refractivity (Wildman–Crippen MR) is 129 cm³/mol. The molecule has 0 bridgehead atoms. The quantitative estimate of drug-likeness (QED) is 0.508. The van der Waals surface area contributed by atoms with E-state index in [4.69, 9.17) is 4.74 Å². The topological polar surface area (TPSA) is 38.3 Å². The van der Waals surface area contributed by atoms with Gasteiger partial charge in [-0.3, -0.25) is 4.21 Å². The number of unbranched alkanes of at least 4 members (excludes halogenated alkanes) is 1. The fraction of sp³-hybridized carbons (Fsp3) is 0.520. The molecule has 1 aromatic carbocycles. The molecule has 1 aliphatic heterocycles. The van der Waals surface area contributed by atoms with Gasteiger partial charge in [-0.25, -0.2) is 0 Å². The minimum Gasteiger partial charge on any atom is -0.491 e. The van der Waals surface area contributed by atoms with Crippen LogP contribution in [-0.2, 0) is 17.3 Å². The first-order valence-electron chi connectivity index (χ1n) is 10.8. The summed E-state index contributed by atoms with van der Waals surface area (Å²) in [5, 5.41) is 3.53. The van der Waals surface area contributed by atoms with Crippen LogP contribution in [0.3, 0.4) is 0 Å². The van der Waals surface area contributed by atoms with Crippen LogP contribution in [0.15, 0.2) is 60.1 Å². The van der Waals surface area contributed by atoms with Gasteiger partial charge in [0, 0.05) is 23.2 Å². The number of allylic oxidation sites excluding steroid dienone is 5. The predicted octanol–water partition coefficient (Wildman–Crippen LogP) is 6.57. The Labute approximate surface area is 181 Å². The highest BCUT2D eigenvalue weighted by molar-refractivity contribution is 7.85. The molecule has 0 fully saturated rings. The van der Waals surface area contributed by atoms with Crippen LogP contribution in [0.4, 0.5) is 0 Å². The lowest BCUT2D eigenvalue weighted by Gasteiger charge is -2.13. The fourth-order valence-corrected chi connectivity index (χ4v) is 4.22. The minimum absolute atomic E-state index is 0.141. The van der Waals surface area contributed by atoms with Gasteiger partial charge in [-0.15, -0.1) is 0 Å². The van der Waals surface area contributed by atoms with Crippen LogP contribution in [0.5, 0.6) is 5.75 Å². The molecule has 4 heteroatoms. The molecule has 2 atom stereocenters. The molecule has 0 radical (unpaired) electrons. The van der Waals surface area contributed by atoms with E-state index in [0.29, 0.717) is 11.8 Å². The molecular weight excluding hydrogens is 378 g/mol. The summed E-state index contributed by atoms with van der Waals surface area (Å²) in [7, 11) is -0.934. The Hall–Kier alpha value is -1.65. The molecule has 2 rings (SSSR count).